The summed E-state index contributed by atoms with van der Waals surface area (Å²) in [6, 6.07) is 7.68. The van der Waals surface area contributed by atoms with Crippen molar-refractivity contribution in [2.24, 2.45) is 5.92 Å². The van der Waals surface area contributed by atoms with Crippen LogP contribution in [0.25, 0.3) is 0 Å². The van der Waals surface area contributed by atoms with E-state index in [1.807, 2.05) is 30.0 Å². The molecule has 5 rings (SSSR count). The Balaban J connectivity index is 1.40. The van der Waals surface area contributed by atoms with Crippen LogP contribution in [0.3, 0.4) is 0 Å². The molecule has 0 spiro atoms. The van der Waals surface area contributed by atoms with Crippen molar-refractivity contribution in [3.05, 3.63) is 59.3 Å². The van der Waals surface area contributed by atoms with Gasteiger partial charge in [-0.25, -0.2) is 4.98 Å². The average molecular weight is 418 g/mol. The Hall–Kier alpha value is -3.15. The minimum Gasteiger partial charge on any atom is -0.488 e. The number of ether oxygens (including phenoxy) is 1. The molecule has 2 fully saturated rings. The van der Waals surface area contributed by atoms with E-state index >= 15 is 0 Å². The Morgan fingerprint density at radius 1 is 1.13 bits per heavy atom. The quantitative estimate of drug-likeness (QED) is 0.536. The van der Waals surface area contributed by atoms with E-state index in [0.717, 1.165) is 55.6 Å². The second kappa shape index (κ2) is 7.84. The molecule has 1 saturated heterocycles. The molecule has 0 unspecified atom stereocenters. The summed E-state index contributed by atoms with van der Waals surface area (Å²) in [5, 5.41) is 0. The SMILES string of the molecule is C=C(C(=O)c1ccc(N2CCOc3cc(C(=O)N4CCCC4)cnc32)cc1C)C1CC1. The first-order chi connectivity index (χ1) is 15.0. The Labute approximate surface area is 182 Å². The van der Waals surface area contributed by atoms with Crippen molar-refractivity contribution in [1.82, 2.24) is 9.88 Å². The number of Topliss-reactive ketones (excluding diaryl/α,β-unsaturated/α-hetero) is 1. The van der Waals surface area contributed by atoms with Gasteiger partial charge in [-0.1, -0.05) is 6.58 Å². The highest BCUT2D eigenvalue weighted by Gasteiger charge is 2.30. The van der Waals surface area contributed by atoms with Crippen LogP contribution in [0.4, 0.5) is 11.5 Å². The van der Waals surface area contributed by atoms with Crippen LogP contribution in [0.15, 0.2) is 42.6 Å². The molecule has 0 atom stereocenters. The predicted octanol–water partition coefficient (Wildman–Crippen LogP) is 4.31. The zero-order valence-electron chi connectivity index (χ0n) is 17.9. The Morgan fingerprint density at radius 2 is 1.90 bits per heavy atom. The fraction of sp³-hybridized carbons (Fsp3) is 0.400. The zero-order chi connectivity index (χ0) is 21.5. The molecule has 3 heterocycles. The fourth-order valence-corrected chi connectivity index (χ4v) is 4.43. The van der Waals surface area contributed by atoms with Gasteiger partial charge >= 0.3 is 0 Å². The molecule has 6 nitrogen and oxygen atoms in total. The zero-order valence-corrected chi connectivity index (χ0v) is 17.9. The largest absolute Gasteiger partial charge is 0.488 e. The third-order valence-corrected chi connectivity index (χ3v) is 6.43. The molecular formula is C25H27N3O3. The van der Waals surface area contributed by atoms with Crippen molar-refractivity contribution in [1.29, 1.82) is 0 Å². The molecule has 31 heavy (non-hydrogen) atoms. The summed E-state index contributed by atoms with van der Waals surface area (Å²) >= 11 is 0. The number of benzene rings is 1. The summed E-state index contributed by atoms with van der Waals surface area (Å²) in [5.41, 5.74) is 3.90. The van der Waals surface area contributed by atoms with E-state index in [4.69, 9.17) is 4.74 Å². The van der Waals surface area contributed by atoms with Crippen molar-refractivity contribution in [2.45, 2.75) is 32.6 Å². The van der Waals surface area contributed by atoms with Gasteiger partial charge in [0, 0.05) is 30.5 Å². The van der Waals surface area contributed by atoms with Crippen LogP contribution in [-0.2, 0) is 0 Å². The number of hydrogen-bond donors (Lipinski definition) is 0. The number of hydrogen-bond acceptors (Lipinski definition) is 5. The number of ketones is 1. The number of rotatable bonds is 5. The average Bonchev–Trinajstić information content (AvgIpc) is 3.50. The molecule has 1 saturated carbocycles. The Bertz CT molecular complexity index is 1070. The molecule has 6 heteroatoms. The number of amides is 1. The number of nitrogens with zero attached hydrogens (tertiary/aromatic N) is 3. The summed E-state index contributed by atoms with van der Waals surface area (Å²) in [6.07, 6.45) is 5.90. The lowest BCUT2D eigenvalue weighted by atomic mass is 9.97. The minimum atomic E-state index is 0.0168. The van der Waals surface area contributed by atoms with Gasteiger partial charge < -0.3 is 14.5 Å². The van der Waals surface area contributed by atoms with Gasteiger partial charge in [0.15, 0.2) is 17.4 Å². The smallest absolute Gasteiger partial charge is 0.255 e. The van der Waals surface area contributed by atoms with E-state index in [1.165, 1.54) is 0 Å². The number of aromatic nitrogens is 1. The van der Waals surface area contributed by atoms with Gasteiger partial charge in [0.1, 0.15) is 6.61 Å². The molecular weight excluding hydrogens is 390 g/mol. The summed E-state index contributed by atoms with van der Waals surface area (Å²) in [5.74, 6) is 1.75. The van der Waals surface area contributed by atoms with E-state index in [1.54, 1.807) is 12.3 Å². The van der Waals surface area contributed by atoms with Crippen LogP contribution in [0, 0.1) is 12.8 Å². The second-order valence-corrected chi connectivity index (χ2v) is 8.67. The second-order valence-electron chi connectivity index (χ2n) is 8.67. The van der Waals surface area contributed by atoms with E-state index in [2.05, 4.69) is 16.5 Å². The molecule has 3 aliphatic rings. The van der Waals surface area contributed by atoms with Crippen molar-refractivity contribution >= 4 is 23.2 Å². The molecule has 1 aromatic carbocycles. The van der Waals surface area contributed by atoms with E-state index < -0.39 is 0 Å². The number of carbonyl (C=O) groups is 2. The van der Waals surface area contributed by atoms with Gasteiger partial charge in [-0.3, -0.25) is 9.59 Å². The maximum Gasteiger partial charge on any atom is 0.255 e. The predicted molar refractivity (Wildman–Crippen MR) is 119 cm³/mol. The first-order valence-corrected chi connectivity index (χ1v) is 11.1. The number of aryl methyl sites for hydroxylation is 1. The number of pyridine rings is 1. The van der Waals surface area contributed by atoms with Gasteiger partial charge in [0.05, 0.1) is 12.1 Å². The molecule has 0 radical (unpaired) electrons. The fourth-order valence-electron chi connectivity index (χ4n) is 4.43. The van der Waals surface area contributed by atoms with Crippen LogP contribution in [0.1, 0.15) is 52.0 Å². The molecule has 1 amide bonds. The van der Waals surface area contributed by atoms with Crippen LogP contribution in [0.5, 0.6) is 5.75 Å². The highest BCUT2D eigenvalue weighted by atomic mass is 16.5. The first kappa shape index (κ1) is 19.8. The van der Waals surface area contributed by atoms with Crippen LogP contribution in [0.2, 0.25) is 0 Å². The van der Waals surface area contributed by atoms with Crippen molar-refractivity contribution in [3.8, 4) is 5.75 Å². The highest BCUT2D eigenvalue weighted by molar-refractivity contribution is 6.10. The van der Waals surface area contributed by atoms with Crippen molar-refractivity contribution in [2.75, 3.05) is 31.1 Å². The van der Waals surface area contributed by atoms with Crippen molar-refractivity contribution < 1.29 is 14.3 Å². The lowest BCUT2D eigenvalue weighted by molar-refractivity contribution is 0.0791. The Morgan fingerprint density at radius 3 is 2.61 bits per heavy atom. The van der Waals surface area contributed by atoms with Crippen LogP contribution < -0.4 is 9.64 Å². The first-order valence-electron chi connectivity index (χ1n) is 11.1. The molecule has 1 aromatic heterocycles. The Kier molecular flexibility index (Phi) is 5.00. The van der Waals surface area contributed by atoms with Gasteiger partial charge in [0.2, 0.25) is 0 Å². The lowest BCUT2D eigenvalue weighted by Crippen LogP contribution is -2.31. The summed E-state index contributed by atoms with van der Waals surface area (Å²) in [6.45, 7) is 8.75. The van der Waals surface area contributed by atoms with Gasteiger partial charge in [-0.2, -0.15) is 0 Å². The standard InChI is InChI=1S/C25H27N3O3/c1-16-13-20(7-8-21(16)23(29)17(2)18-5-6-18)28-11-12-31-22-14-19(15-26-24(22)28)25(30)27-9-3-4-10-27/h7-8,13-15,18H,2-6,9-12H2,1H3. The molecule has 1 aliphatic carbocycles. The maximum absolute atomic E-state index is 12.8. The molecule has 2 aliphatic heterocycles. The topological polar surface area (TPSA) is 62.7 Å². The minimum absolute atomic E-state index is 0.0168. The summed E-state index contributed by atoms with van der Waals surface area (Å²) in [4.78, 5) is 34.0. The monoisotopic (exact) mass is 417 g/mol. The number of carbonyl (C=O) groups excluding carboxylic acids is 2. The lowest BCUT2D eigenvalue weighted by Gasteiger charge is -2.31. The van der Waals surface area contributed by atoms with Crippen LogP contribution >= 0.6 is 0 Å². The van der Waals surface area contributed by atoms with Gasteiger partial charge in [-0.15, -0.1) is 0 Å². The number of allylic oxidation sites excluding steroid dienone is 1. The maximum atomic E-state index is 12.8. The molecule has 0 N–H and O–H groups in total. The summed E-state index contributed by atoms with van der Waals surface area (Å²) < 4.78 is 5.84. The third-order valence-electron chi connectivity index (χ3n) is 6.43. The van der Waals surface area contributed by atoms with E-state index in [0.29, 0.717) is 41.8 Å². The number of fused-ring (bicyclic) bond motifs is 1. The highest BCUT2D eigenvalue weighted by Crippen LogP contribution is 2.39. The molecule has 160 valence electrons. The van der Waals surface area contributed by atoms with E-state index in [-0.39, 0.29) is 11.7 Å². The number of anilines is 2. The number of likely N-dealkylation sites (tertiary alicyclic amines) is 1. The van der Waals surface area contributed by atoms with Crippen molar-refractivity contribution in [3.63, 3.8) is 0 Å². The van der Waals surface area contributed by atoms with Crippen LogP contribution in [-0.4, -0.2) is 47.8 Å². The molecule has 2 aromatic rings. The summed E-state index contributed by atoms with van der Waals surface area (Å²) in [7, 11) is 0. The molecule has 0 bridgehead atoms. The van der Waals surface area contributed by atoms with E-state index in [9.17, 15) is 9.59 Å². The van der Waals surface area contributed by atoms with Gasteiger partial charge in [-0.05, 0) is 73.9 Å². The third kappa shape index (κ3) is 3.71. The van der Waals surface area contributed by atoms with Gasteiger partial charge in [0.25, 0.3) is 5.91 Å². The normalized spacial score (nSPS) is 17.8.